The van der Waals surface area contributed by atoms with Crippen LogP contribution in [-0.2, 0) is 20.9 Å². The van der Waals surface area contributed by atoms with Crippen LogP contribution in [0.2, 0.25) is 0 Å². The summed E-state index contributed by atoms with van der Waals surface area (Å²) in [4.78, 5) is 37.8. The predicted molar refractivity (Wildman–Crippen MR) is 119 cm³/mol. The molecule has 1 aliphatic rings. The summed E-state index contributed by atoms with van der Waals surface area (Å²) in [5.74, 6) is -1.07. The molecule has 0 unspecified atom stereocenters. The van der Waals surface area contributed by atoms with E-state index in [2.05, 4.69) is 15.9 Å². The molecule has 0 radical (unpaired) electrons. The topological polar surface area (TPSA) is 72.9 Å². The van der Waals surface area contributed by atoms with Gasteiger partial charge in [-0.1, -0.05) is 28.1 Å². The molecule has 0 bridgehead atoms. The third-order valence-corrected chi connectivity index (χ3v) is 5.49. The summed E-state index contributed by atoms with van der Waals surface area (Å²) in [7, 11) is 0. The molecule has 1 heterocycles. The quantitative estimate of drug-likeness (QED) is 0.380. The number of hydrogen-bond acceptors (Lipinski definition) is 6. The van der Waals surface area contributed by atoms with Gasteiger partial charge in [0.15, 0.2) is 0 Å². The summed E-state index contributed by atoms with van der Waals surface area (Å²) >= 11 is 4.13. The Balaban J connectivity index is 1.78. The van der Waals surface area contributed by atoms with E-state index < -0.39 is 23.7 Å². The van der Waals surface area contributed by atoms with Gasteiger partial charge in [0.25, 0.3) is 11.1 Å². The largest absolute Gasteiger partial charge is 0.488 e. The molecule has 0 aromatic heterocycles. The zero-order chi connectivity index (χ0) is 22.5. The lowest BCUT2D eigenvalue weighted by atomic mass is 10.1. The smallest absolute Gasteiger partial charge is 0.326 e. The molecule has 31 heavy (non-hydrogen) atoms. The van der Waals surface area contributed by atoms with Crippen molar-refractivity contribution in [2.75, 3.05) is 6.54 Å². The van der Waals surface area contributed by atoms with E-state index in [1.807, 2.05) is 0 Å². The number of hydrogen-bond donors (Lipinski definition) is 0. The van der Waals surface area contributed by atoms with E-state index in [1.165, 1.54) is 12.1 Å². The van der Waals surface area contributed by atoms with Crippen molar-refractivity contribution in [1.29, 1.82) is 0 Å². The molecule has 2 aromatic carbocycles. The maximum atomic E-state index is 13.1. The van der Waals surface area contributed by atoms with E-state index in [9.17, 15) is 18.8 Å². The average molecular weight is 508 g/mol. The van der Waals surface area contributed by atoms with E-state index in [1.54, 1.807) is 50.3 Å². The van der Waals surface area contributed by atoms with Crippen LogP contribution in [0, 0.1) is 5.82 Å². The molecular formula is C22H19BrFNO5S. The van der Waals surface area contributed by atoms with E-state index >= 15 is 0 Å². The van der Waals surface area contributed by atoms with Crippen LogP contribution in [0.3, 0.4) is 0 Å². The first-order valence-electron chi connectivity index (χ1n) is 9.34. The molecular weight excluding hydrogens is 489 g/mol. The highest BCUT2D eigenvalue weighted by Gasteiger charge is 2.37. The van der Waals surface area contributed by atoms with Crippen LogP contribution in [-0.4, -0.2) is 34.7 Å². The number of rotatable bonds is 7. The summed E-state index contributed by atoms with van der Waals surface area (Å²) in [5, 5.41) is -0.541. The van der Waals surface area contributed by atoms with E-state index in [0.29, 0.717) is 11.3 Å². The molecule has 162 valence electrons. The second kappa shape index (κ2) is 10.1. The van der Waals surface area contributed by atoms with Crippen LogP contribution >= 0.6 is 27.7 Å². The van der Waals surface area contributed by atoms with Crippen LogP contribution in [0.25, 0.3) is 6.08 Å². The van der Waals surface area contributed by atoms with Gasteiger partial charge in [-0.3, -0.25) is 19.3 Å². The van der Waals surface area contributed by atoms with Crippen molar-refractivity contribution in [3.63, 3.8) is 0 Å². The molecule has 3 rings (SSSR count). The van der Waals surface area contributed by atoms with Crippen molar-refractivity contribution in [2.45, 2.75) is 26.6 Å². The van der Waals surface area contributed by atoms with E-state index in [-0.39, 0.29) is 23.4 Å². The van der Waals surface area contributed by atoms with Gasteiger partial charge >= 0.3 is 5.97 Å². The standard InChI is InChI=1S/C22H19BrFNO5S/c1-13(2)30-20(26)11-25-21(27)19(31-22(25)28)10-15-9-16(23)5-8-18(15)29-12-14-3-6-17(24)7-4-14/h3-10,13H,11-12H2,1-2H3/b19-10-. The Kier molecular flexibility index (Phi) is 7.50. The molecule has 0 atom stereocenters. The van der Waals surface area contributed by atoms with Gasteiger partial charge in [0.2, 0.25) is 0 Å². The predicted octanol–water partition coefficient (Wildman–Crippen LogP) is 5.16. The molecule has 2 amide bonds. The van der Waals surface area contributed by atoms with E-state index in [0.717, 1.165) is 26.7 Å². The van der Waals surface area contributed by atoms with E-state index in [4.69, 9.17) is 9.47 Å². The highest BCUT2D eigenvalue weighted by molar-refractivity contribution is 9.10. The Bertz CT molecular complexity index is 1040. The molecule has 1 saturated heterocycles. The van der Waals surface area contributed by atoms with Gasteiger partial charge in [-0.2, -0.15) is 0 Å². The molecule has 0 N–H and O–H groups in total. The molecule has 0 spiro atoms. The second-order valence-corrected chi connectivity index (χ2v) is 8.81. The van der Waals surface area contributed by atoms with Crippen LogP contribution in [0.5, 0.6) is 5.75 Å². The van der Waals surface area contributed by atoms with Crippen molar-refractivity contribution in [3.05, 3.63) is 68.8 Å². The van der Waals surface area contributed by atoms with Gasteiger partial charge in [0.1, 0.15) is 24.7 Å². The monoisotopic (exact) mass is 507 g/mol. The lowest BCUT2D eigenvalue weighted by Gasteiger charge is -2.13. The fraction of sp³-hybridized carbons (Fsp3) is 0.227. The highest BCUT2D eigenvalue weighted by Crippen LogP contribution is 2.35. The number of nitrogens with zero attached hydrogens (tertiary/aromatic N) is 1. The molecule has 2 aromatic rings. The zero-order valence-electron chi connectivity index (χ0n) is 16.8. The maximum absolute atomic E-state index is 13.1. The Labute approximate surface area is 191 Å². The summed E-state index contributed by atoms with van der Waals surface area (Å²) in [6, 6.07) is 11.2. The molecule has 0 saturated carbocycles. The number of thioether (sulfide) groups is 1. The summed E-state index contributed by atoms with van der Waals surface area (Å²) in [6.07, 6.45) is 1.20. The van der Waals surface area contributed by atoms with Crippen LogP contribution in [0.4, 0.5) is 9.18 Å². The Morgan fingerprint density at radius 1 is 1.19 bits per heavy atom. The van der Waals surface area contributed by atoms with Gasteiger partial charge in [-0.25, -0.2) is 4.39 Å². The fourth-order valence-corrected chi connectivity index (χ4v) is 3.92. The van der Waals surface area contributed by atoms with Gasteiger partial charge in [0, 0.05) is 10.0 Å². The molecule has 0 aliphatic carbocycles. The molecule has 9 heteroatoms. The Hall–Kier alpha value is -2.65. The summed E-state index contributed by atoms with van der Waals surface area (Å²) in [5.41, 5.74) is 1.35. The first-order chi connectivity index (χ1) is 14.7. The fourth-order valence-electron chi connectivity index (χ4n) is 2.71. The first-order valence-corrected chi connectivity index (χ1v) is 11.0. The third kappa shape index (κ3) is 6.18. The normalized spacial score (nSPS) is 15.1. The lowest BCUT2D eigenvalue weighted by molar-refractivity contribution is -0.149. The molecule has 6 nitrogen and oxygen atoms in total. The minimum atomic E-state index is -0.649. The Morgan fingerprint density at radius 2 is 1.90 bits per heavy atom. The van der Waals surface area contributed by atoms with Crippen molar-refractivity contribution >= 4 is 50.9 Å². The maximum Gasteiger partial charge on any atom is 0.326 e. The number of benzene rings is 2. The van der Waals surface area contributed by atoms with Crippen LogP contribution in [0.15, 0.2) is 51.8 Å². The lowest BCUT2D eigenvalue weighted by Crippen LogP contribution is -2.35. The number of amides is 2. The summed E-state index contributed by atoms with van der Waals surface area (Å²) in [6.45, 7) is 3.14. The van der Waals surface area contributed by atoms with Crippen molar-refractivity contribution in [2.24, 2.45) is 0 Å². The number of imide groups is 1. The number of carbonyl (C=O) groups is 3. The third-order valence-electron chi connectivity index (χ3n) is 4.09. The number of ether oxygens (including phenoxy) is 2. The van der Waals surface area contributed by atoms with Gasteiger partial charge in [0.05, 0.1) is 11.0 Å². The first kappa shape index (κ1) is 23.0. The Morgan fingerprint density at radius 3 is 2.58 bits per heavy atom. The van der Waals surface area contributed by atoms with Gasteiger partial charge in [-0.15, -0.1) is 0 Å². The minimum Gasteiger partial charge on any atom is -0.488 e. The van der Waals surface area contributed by atoms with Crippen molar-refractivity contribution < 1.29 is 28.2 Å². The number of esters is 1. The zero-order valence-corrected chi connectivity index (χ0v) is 19.2. The second-order valence-electron chi connectivity index (χ2n) is 6.90. The summed E-state index contributed by atoms with van der Waals surface area (Å²) < 4.78 is 24.7. The highest BCUT2D eigenvalue weighted by atomic mass is 79.9. The van der Waals surface area contributed by atoms with Crippen LogP contribution in [0.1, 0.15) is 25.0 Å². The number of halogens is 2. The van der Waals surface area contributed by atoms with Gasteiger partial charge < -0.3 is 9.47 Å². The van der Waals surface area contributed by atoms with Gasteiger partial charge in [-0.05, 0) is 67.6 Å². The molecule has 1 fully saturated rings. The molecule has 1 aliphatic heterocycles. The van der Waals surface area contributed by atoms with Crippen LogP contribution < -0.4 is 4.74 Å². The average Bonchev–Trinajstić information content (AvgIpc) is 2.95. The SMILES string of the molecule is CC(C)OC(=O)CN1C(=O)S/C(=C\c2cc(Br)ccc2OCc2ccc(F)cc2)C1=O. The minimum absolute atomic E-state index is 0.173. The van der Waals surface area contributed by atoms with Crippen molar-refractivity contribution in [3.8, 4) is 5.75 Å². The number of carbonyl (C=O) groups excluding carboxylic acids is 3. The van der Waals surface area contributed by atoms with Crippen molar-refractivity contribution in [1.82, 2.24) is 4.90 Å².